The fourth-order valence-corrected chi connectivity index (χ4v) is 2.78. The van der Waals surface area contributed by atoms with Crippen molar-refractivity contribution in [1.82, 2.24) is 10.2 Å². The zero-order valence-electron chi connectivity index (χ0n) is 12.8. The molecule has 4 heteroatoms. The van der Waals surface area contributed by atoms with Gasteiger partial charge in [-0.1, -0.05) is 12.1 Å². The molecule has 1 fully saturated rings. The molecular formula is C16H26N2O2. The molecule has 1 saturated carbocycles. The molecule has 112 valence electrons. The molecule has 4 nitrogen and oxygen atoms in total. The second kappa shape index (κ2) is 6.46. The van der Waals surface area contributed by atoms with E-state index >= 15 is 0 Å². The molecule has 0 aliphatic heterocycles. The van der Waals surface area contributed by atoms with E-state index in [4.69, 9.17) is 4.74 Å². The summed E-state index contributed by atoms with van der Waals surface area (Å²) in [5.41, 5.74) is 1.19. The number of hydrogen-bond acceptors (Lipinski definition) is 4. The molecule has 0 aromatic heterocycles. The van der Waals surface area contributed by atoms with Crippen molar-refractivity contribution >= 4 is 0 Å². The molecule has 0 bridgehead atoms. The lowest BCUT2D eigenvalue weighted by Gasteiger charge is -2.47. The molecule has 1 aliphatic rings. The Morgan fingerprint density at radius 2 is 2.10 bits per heavy atom. The second-order valence-electron chi connectivity index (χ2n) is 5.77. The van der Waals surface area contributed by atoms with Gasteiger partial charge in [-0.25, -0.2) is 0 Å². The summed E-state index contributed by atoms with van der Waals surface area (Å²) in [5, 5.41) is 13.6. The summed E-state index contributed by atoms with van der Waals surface area (Å²) in [6, 6.07) is 5.66. The lowest BCUT2D eigenvalue weighted by Crippen LogP contribution is -2.56. The first-order valence-electron chi connectivity index (χ1n) is 7.41. The summed E-state index contributed by atoms with van der Waals surface area (Å²) in [6.45, 7) is 4.11. The van der Waals surface area contributed by atoms with Gasteiger partial charge in [0.25, 0.3) is 0 Å². The lowest BCUT2D eigenvalue weighted by molar-refractivity contribution is 0.0597. The largest absolute Gasteiger partial charge is 0.504 e. The van der Waals surface area contributed by atoms with E-state index in [1.54, 1.807) is 6.07 Å². The summed E-state index contributed by atoms with van der Waals surface area (Å²) in [5.74, 6) is 0.826. The number of benzene rings is 1. The van der Waals surface area contributed by atoms with Crippen LogP contribution < -0.4 is 10.1 Å². The Balaban J connectivity index is 1.92. The van der Waals surface area contributed by atoms with Crippen LogP contribution in [0.15, 0.2) is 18.2 Å². The molecule has 0 unspecified atom stereocenters. The van der Waals surface area contributed by atoms with Crippen LogP contribution in [-0.4, -0.2) is 42.8 Å². The van der Waals surface area contributed by atoms with E-state index in [-0.39, 0.29) is 5.75 Å². The van der Waals surface area contributed by atoms with Gasteiger partial charge in [-0.2, -0.15) is 0 Å². The number of nitrogens with zero attached hydrogens (tertiary/aromatic N) is 1. The number of rotatable bonds is 7. The average Bonchev–Trinajstić information content (AvgIpc) is 2.36. The SMILES string of the molecule is CCOc1cccc(CNCC2(N(C)C)CCC2)c1O. The minimum absolute atomic E-state index is 0.259. The zero-order valence-corrected chi connectivity index (χ0v) is 12.8. The topological polar surface area (TPSA) is 44.7 Å². The van der Waals surface area contributed by atoms with Crippen molar-refractivity contribution in [1.29, 1.82) is 0 Å². The molecule has 0 radical (unpaired) electrons. The maximum atomic E-state index is 10.2. The monoisotopic (exact) mass is 278 g/mol. The van der Waals surface area contributed by atoms with Crippen molar-refractivity contribution in [2.75, 3.05) is 27.2 Å². The van der Waals surface area contributed by atoms with Crippen molar-refractivity contribution in [3.8, 4) is 11.5 Å². The standard InChI is InChI=1S/C16H26N2O2/c1-4-20-14-8-5-7-13(15(14)19)11-17-12-16(18(2)3)9-6-10-16/h5,7-8,17,19H,4,6,9-12H2,1-3H3. The van der Waals surface area contributed by atoms with E-state index < -0.39 is 0 Å². The molecule has 0 atom stereocenters. The number of ether oxygens (including phenoxy) is 1. The average molecular weight is 278 g/mol. The van der Waals surface area contributed by atoms with Gasteiger partial charge in [-0.05, 0) is 46.3 Å². The normalized spacial score (nSPS) is 17.0. The first-order valence-corrected chi connectivity index (χ1v) is 7.41. The lowest BCUT2D eigenvalue weighted by atomic mass is 9.75. The van der Waals surface area contributed by atoms with Crippen molar-refractivity contribution < 1.29 is 9.84 Å². The summed E-state index contributed by atoms with van der Waals surface area (Å²) >= 11 is 0. The number of aromatic hydroxyl groups is 1. The third-order valence-corrected chi connectivity index (χ3v) is 4.38. The summed E-state index contributed by atoms with van der Waals surface area (Å²) in [4.78, 5) is 2.32. The highest BCUT2D eigenvalue weighted by molar-refractivity contribution is 5.45. The highest BCUT2D eigenvalue weighted by Gasteiger charge is 2.38. The third kappa shape index (κ3) is 3.07. The molecule has 2 rings (SSSR count). The highest BCUT2D eigenvalue weighted by atomic mass is 16.5. The molecule has 0 spiro atoms. The molecule has 0 saturated heterocycles. The second-order valence-corrected chi connectivity index (χ2v) is 5.77. The Morgan fingerprint density at radius 1 is 1.35 bits per heavy atom. The number of nitrogens with one attached hydrogen (secondary N) is 1. The van der Waals surface area contributed by atoms with Crippen molar-refractivity contribution in [2.45, 2.75) is 38.3 Å². The van der Waals surface area contributed by atoms with Crippen LogP contribution in [0.3, 0.4) is 0 Å². The van der Waals surface area contributed by atoms with E-state index in [9.17, 15) is 5.11 Å². The van der Waals surface area contributed by atoms with Gasteiger partial charge in [0.05, 0.1) is 6.61 Å². The molecule has 2 N–H and O–H groups in total. The van der Waals surface area contributed by atoms with Crippen LogP contribution in [0.1, 0.15) is 31.7 Å². The molecule has 0 amide bonds. The fraction of sp³-hybridized carbons (Fsp3) is 0.625. The van der Waals surface area contributed by atoms with Gasteiger partial charge in [0.2, 0.25) is 0 Å². The maximum Gasteiger partial charge on any atom is 0.162 e. The summed E-state index contributed by atoms with van der Waals surface area (Å²) < 4.78 is 5.41. The van der Waals surface area contributed by atoms with Crippen LogP contribution in [0.5, 0.6) is 11.5 Å². The quantitative estimate of drug-likeness (QED) is 0.804. The Hall–Kier alpha value is -1.26. The molecule has 0 heterocycles. The molecule has 1 aromatic rings. The van der Waals surface area contributed by atoms with E-state index in [1.165, 1.54) is 19.3 Å². The van der Waals surface area contributed by atoms with Crippen molar-refractivity contribution in [2.24, 2.45) is 0 Å². The van der Waals surface area contributed by atoms with Gasteiger partial charge < -0.3 is 20.1 Å². The van der Waals surface area contributed by atoms with Gasteiger partial charge in [-0.3, -0.25) is 0 Å². The van der Waals surface area contributed by atoms with Crippen LogP contribution in [0.2, 0.25) is 0 Å². The first kappa shape index (κ1) is 15.1. The molecule has 1 aromatic carbocycles. The van der Waals surface area contributed by atoms with Gasteiger partial charge in [0.15, 0.2) is 11.5 Å². The summed E-state index contributed by atoms with van der Waals surface area (Å²) in [6.07, 6.45) is 3.81. The van der Waals surface area contributed by atoms with Gasteiger partial charge in [0.1, 0.15) is 0 Å². The molecule has 20 heavy (non-hydrogen) atoms. The highest BCUT2D eigenvalue weighted by Crippen LogP contribution is 2.35. The predicted molar refractivity (Wildman–Crippen MR) is 81.3 cm³/mol. The Morgan fingerprint density at radius 3 is 2.65 bits per heavy atom. The summed E-state index contributed by atoms with van der Waals surface area (Å²) in [7, 11) is 4.29. The van der Waals surface area contributed by atoms with E-state index in [1.807, 2.05) is 19.1 Å². The van der Waals surface area contributed by atoms with E-state index in [2.05, 4.69) is 24.3 Å². The Labute approximate surface area is 121 Å². The smallest absolute Gasteiger partial charge is 0.162 e. The number of likely N-dealkylation sites (N-methyl/N-ethyl adjacent to an activating group) is 1. The number of phenols is 1. The van der Waals surface area contributed by atoms with E-state index in [0.717, 1.165) is 12.1 Å². The van der Waals surface area contributed by atoms with Crippen molar-refractivity contribution in [3.05, 3.63) is 23.8 Å². The van der Waals surface area contributed by atoms with Crippen LogP contribution in [0.25, 0.3) is 0 Å². The Kier molecular flexibility index (Phi) is 4.89. The maximum absolute atomic E-state index is 10.2. The van der Waals surface area contributed by atoms with Crippen LogP contribution >= 0.6 is 0 Å². The van der Waals surface area contributed by atoms with Crippen molar-refractivity contribution in [3.63, 3.8) is 0 Å². The van der Waals surface area contributed by atoms with Crippen LogP contribution in [-0.2, 0) is 6.54 Å². The van der Waals surface area contributed by atoms with Gasteiger partial charge in [-0.15, -0.1) is 0 Å². The fourth-order valence-electron chi connectivity index (χ4n) is 2.78. The Bertz CT molecular complexity index is 442. The minimum atomic E-state index is 0.259. The zero-order chi connectivity index (χ0) is 14.6. The van der Waals surface area contributed by atoms with E-state index in [0.29, 0.717) is 24.4 Å². The molecular weight excluding hydrogens is 252 g/mol. The number of phenolic OH excluding ortho intramolecular Hbond substituents is 1. The van der Waals surface area contributed by atoms with Gasteiger partial charge >= 0.3 is 0 Å². The van der Waals surface area contributed by atoms with Crippen LogP contribution in [0, 0.1) is 0 Å². The van der Waals surface area contributed by atoms with Crippen LogP contribution in [0.4, 0.5) is 0 Å². The number of para-hydroxylation sites is 1. The van der Waals surface area contributed by atoms with Gasteiger partial charge in [0, 0.05) is 24.2 Å². The first-order chi connectivity index (χ1) is 9.59. The minimum Gasteiger partial charge on any atom is -0.504 e. The molecule has 1 aliphatic carbocycles. The third-order valence-electron chi connectivity index (χ3n) is 4.38. The predicted octanol–water partition coefficient (Wildman–Crippen LogP) is 2.36. The number of hydrogen-bond donors (Lipinski definition) is 2.